The number of nitrogens with zero attached hydrogens (tertiary/aromatic N) is 3. The number of hydrazine groups is 1. The number of methoxy groups -OCH3 is 1. The van der Waals surface area contributed by atoms with Gasteiger partial charge in [0.15, 0.2) is 11.6 Å². The summed E-state index contributed by atoms with van der Waals surface area (Å²) in [7, 11) is 3.22. The number of anilines is 2. The summed E-state index contributed by atoms with van der Waals surface area (Å²) >= 11 is 0. The van der Waals surface area contributed by atoms with Crippen molar-refractivity contribution < 1.29 is 9.53 Å². The van der Waals surface area contributed by atoms with Crippen LogP contribution >= 0.6 is 0 Å². The van der Waals surface area contributed by atoms with Crippen LogP contribution in [-0.2, 0) is 4.79 Å². The molecule has 0 radical (unpaired) electrons. The van der Waals surface area contributed by atoms with Crippen molar-refractivity contribution in [1.82, 2.24) is 15.3 Å². The van der Waals surface area contributed by atoms with Gasteiger partial charge in [-0.2, -0.15) is 0 Å². The summed E-state index contributed by atoms with van der Waals surface area (Å²) in [6.45, 7) is 1.49. The Morgan fingerprint density at radius 2 is 2.15 bits per heavy atom. The van der Waals surface area contributed by atoms with Crippen LogP contribution in [0.2, 0.25) is 0 Å². The molecular formula is C12H20N6O2. The Morgan fingerprint density at radius 3 is 2.70 bits per heavy atom. The Kier molecular flexibility index (Phi) is 4.57. The minimum atomic E-state index is 0.0659. The van der Waals surface area contributed by atoms with Crippen LogP contribution in [0.4, 0.5) is 11.6 Å². The molecule has 8 heteroatoms. The van der Waals surface area contributed by atoms with Crippen LogP contribution < -0.4 is 26.2 Å². The van der Waals surface area contributed by atoms with Crippen LogP contribution in [0, 0.1) is 5.92 Å². The van der Waals surface area contributed by atoms with Crippen LogP contribution in [0.3, 0.4) is 0 Å². The number of piperidine rings is 1. The molecule has 0 atom stereocenters. The molecule has 0 aliphatic carbocycles. The van der Waals surface area contributed by atoms with E-state index in [-0.39, 0.29) is 11.8 Å². The minimum Gasteiger partial charge on any atom is -0.490 e. The smallest absolute Gasteiger partial charge is 0.222 e. The van der Waals surface area contributed by atoms with E-state index in [1.165, 1.54) is 6.33 Å². The first-order valence-electron chi connectivity index (χ1n) is 6.53. The topological polar surface area (TPSA) is 105 Å². The highest BCUT2D eigenvalue weighted by Gasteiger charge is 2.27. The molecule has 1 fully saturated rings. The van der Waals surface area contributed by atoms with E-state index >= 15 is 0 Å². The summed E-state index contributed by atoms with van der Waals surface area (Å²) in [5.74, 6) is 7.25. The molecule has 1 aliphatic rings. The highest BCUT2D eigenvalue weighted by molar-refractivity contribution is 5.78. The van der Waals surface area contributed by atoms with Crippen LogP contribution in [-0.4, -0.2) is 43.1 Å². The van der Waals surface area contributed by atoms with Gasteiger partial charge in [0.2, 0.25) is 11.7 Å². The molecule has 2 rings (SSSR count). The van der Waals surface area contributed by atoms with E-state index in [9.17, 15) is 4.79 Å². The van der Waals surface area contributed by atoms with Crippen molar-refractivity contribution in [1.29, 1.82) is 0 Å². The molecule has 0 bridgehead atoms. The van der Waals surface area contributed by atoms with E-state index in [0.29, 0.717) is 17.4 Å². The number of nitrogens with two attached hydrogens (primary N) is 1. The van der Waals surface area contributed by atoms with Crippen LogP contribution in [0.5, 0.6) is 5.75 Å². The lowest BCUT2D eigenvalue weighted by Crippen LogP contribution is -2.40. The molecule has 0 unspecified atom stereocenters. The molecule has 0 spiro atoms. The molecule has 1 aromatic rings. The molecule has 1 saturated heterocycles. The van der Waals surface area contributed by atoms with Crippen LogP contribution in [0.1, 0.15) is 12.8 Å². The van der Waals surface area contributed by atoms with Gasteiger partial charge < -0.3 is 20.4 Å². The number of hydrogen-bond donors (Lipinski definition) is 3. The van der Waals surface area contributed by atoms with Crippen molar-refractivity contribution in [3.8, 4) is 5.75 Å². The van der Waals surface area contributed by atoms with Gasteiger partial charge in [0.05, 0.1) is 7.11 Å². The second kappa shape index (κ2) is 6.38. The number of ether oxygens (including phenoxy) is 1. The van der Waals surface area contributed by atoms with Crippen molar-refractivity contribution in [3.05, 3.63) is 6.33 Å². The first-order valence-corrected chi connectivity index (χ1v) is 6.53. The zero-order chi connectivity index (χ0) is 14.5. The summed E-state index contributed by atoms with van der Waals surface area (Å²) in [6, 6.07) is 0. The Bertz CT molecular complexity index is 473. The molecule has 1 amide bonds. The Balaban J connectivity index is 2.12. The first kappa shape index (κ1) is 14.3. The number of rotatable bonds is 4. The zero-order valence-electron chi connectivity index (χ0n) is 11.7. The Morgan fingerprint density at radius 1 is 1.45 bits per heavy atom. The number of carbonyl (C=O) groups excluding carboxylic acids is 1. The lowest BCUT2D eigenvalue weighted by atomic mass is 9.96. The molecular weight excluding hydrogens is 260 g/mol. The summed E-state index contributed by atoms with van der Waals surface area (Å²) in [5, 5.41) is 2.70. The maximum absolute atomic E-state index is 11.6. The van der Waals surface area contributed by atoms with Gasteiger partial charge in [-0.15, -0.1) is 0 Å². The number of nitrogens with one attached hydrogen (secondary N) is 2. The molecule has 0 aromatic carbocycles. The maximum atomic E-state index is 11.6. The van der Waals surface area contributed by atoms with E-state index < -0.39 is 0 Å². The highest BCUT2D eigenvalue weighted by Crippen LogP contribution is 2.33. The quantitative estimate of drug-likeness (QED) is 0.515. The van der Waals surface area contributed by atoms with Gasteiger partial charge in [-0.25, -0.2) is 15.8 Å². The summed E-state index contributed by atoms with van der Waals surface area (Å²) in [6.07, 6.45) is 3.02. The summed E-state index contributed by atoms with van der Waals surface area (Å²) in [4.78, 5) is 22.0. The molecule has 20 heavy (non-hydrogen) atoms. The third kappa shape index (κ3) is 2.74. The molecule has 1 aromatic heterocycles. The minimum absolute atomic E-state index is 0.0659. The maximum Gasteiger partial charge on any atom is 0.222 e. The lowest BCUT2D eigenvalue weighted by Gasteiger charge is -2.32. The number of aromatic nitrogens is 2. The van der Waals surface area contributed by atoms with Crippen molar-refractivity contribution in [2.75, 3.05) is 37.6 Å². The zero-order valence-corrected chi connectivity index (χ0v) is 11.7. The Labute approximate surface area is 117 Å². The third-order valence-electron chi connectivity index (χ3n) is 3.54. The molecule has 1 aliphatic heterocycles. The third-order valence-corrected chi connectivity index (χ3v) is 3.54. The molecule has 4 N–H and O–H groups in total. The van der Waals surface area contributed by atoms with Crippen molar-refractivity contribution in [3.63, 3.8) is 0 Å². The predicted octanol–water partition coefficient (Wildman–Crippen LogP) is -0.267. The van der Waals surface area contributed by atoms with Crippen LogP contribution in [0.15, 0.2) is 6.33 Å². The molecule has 8 nitrogen and oxygen atoms in total. The second-order valence-corrected chi connectivity index (χ2v) is 4.60. The predicted molar refractivity (Wildman–Crippen MR) is 75.4 cm³/mol. The highest BCUT2D eigenvalue weighted by atomic mass is 16.5. The van der Waals surface area contributed by atoms with E-state index in [1.807, 2.05) is 0 Å². The lowest BCUT2D eigenvalue weighted by molar-refractivity contribution is -0.125. The normalized spacial score (nSPS) is 15.8. The van der Waals surface area contributed by atoms with E-state index in [2.05, 4.69) is 25.6 Å². The van der Waals surface area contributed by atoms with E-state index in [1.54, 1.807) is 14.2 Å². The van der Waals surface area contributed by atoms with Gasteiger partial charge in [0.1, 0.15) is 6.33 Å². The second-order valence-electron chi connectivity index (χ2n) is 4.60. The van der Waals surface area contributed by atoms with Crippen LogP contribution in [0.25, 0.3) is 0 Å². The number of hydrogen-bond acceptors (Lipinski definition) is 7. The fraction of sp³-hybridized carbons (Fsp3) is 0.583. The fourth-order valence-corrected chi connectivity index (χ4v) is 2.44. The van der Waals surface area contributed by atoms with Crippen molar-refractivity contribution in [2.24, 2.45) is 11.8 Å². The van der Waals surface area contributed by atoms with Gasteiger partial charge in [-0.05, 0) is 12.8 Å². The molecule has 2 heterocycles. The summed E-state index contributed by atoms with van der Waals surface area (Å²) < 4.78 is 5.33. The van der Waals surface area contributed by atoms with Crippen molar-refractivity contribution in [2.45, 2.75) is 12.8 Å². The van der Waals surface area contributed by atoms with E-state index in [4.69, 9.17) is 10.6 Å². The molecule has 110 valence electrons. The van der Waals surface area contributed by atoms with Gasteiger partial charge in [-0.3, -0.25) is 4.79 Å². The average molecular weight is 280 g/mol. The number of carbonyl (C=O) groups is 1. The van der Waals surface area contributed by atoms with Crippen molar-refractivity contribution >= 4 is 17.5 Å². The van der Waals surface area contributed by atoms with Gasteiger partial charge in [0, 0.05) is 26.1 Å². The van der Waals surface area contributed by atoms with Gasteiger partial charge in [-0.1, -0.05) is 0 Å². The number of amides is 1. The largest absolute Gasteiger partial charge is 0.490 e. The first-order chi connectivity index (χ1) is 9.71. The average Bonchev–Trinajstić information content (AvgIpc) is 2.53. The monoisotopic (exact) mass is 280 g/mol. The fourth-order valence-electron chi connectivity index (χ4n) is 2.44. The summed E-state index contributed by atoms with van der Waals surface area (Å²) in [5.41, 5.74) is 2.50. The van der Waals surface area contributed by atoms with Gasteiger partial charge in [0.25, 0.3) is 0 Å². The number of nitrogen functional groups attached to an aromatic ring is 1. The SMILES string of the molecule is CNC(=O)C1CCN(c2ncnc(NN)c2OC)CC1. The Hall–Kier alpha value is -2.09. The van der Waals surface area contributed by atoms with Gasteiger partial charge >= 0.3 is 0 Å². The standard InChI is InChI=1S/C12H20N6O2/c1-14-12(19)8-3-5-18(6-4-8)11-9(20-2)10(17-13)15-7-16-11/h7-8H,3-6,13H2,1-2H3,(H,14,19)(H,15,16,17). The molecule has 0 saturated carbocycles. The van der Waals surface area contributed by atoms with E-state index in [0.717, 1.165) is 25.9 Å².